The molecule has 1 aliphatic carbocycles. The van der Waals surface area contributed by atoms with Crippen LogP contribution in [-0.4, -0.2) is 33.2 Å². The van der Waals surface area contributed by atoms with Crippen molar-refractivity contribution < 1.29 is 14.8 Å². The highest BCUT2D eigenvalue weighted by molar-refractivity contribution is 5.93. The molecule has 0 aliphatic heterocycles. The second-order valence-corrected chi connectivity index (χ2v) is 5.27. The molecule has 1 aliphatic rings. The van der Waals surface area contributed by atoms with E-state index in [1.54, 1.807) is 7.05 Å². The highest BCUT2D eigenvalue weighted by Gasteiger charge is 2.24. The van der Waals surface area contributed by atoms with Gasteiger partial charge in [-0.15, -0.1) is 0 Å². The number of nitro groups is 1. The average Bonchev–Trinajstić information content (AvgIpc) is 2.80. The summed E-state index contributed by atoms with van der Waals surface area (Å²) in [5.41, 5.74) is 0.150. The van der Waals surface area contributed by atoms with Crippen LogP contribution < -0.4 is 5.32 Å². The maximum atomic E-state index is 12.0. The summed E-state index contributed by atoms with van der Waals surface area (Å²) in [5.74, 6) is -0.277. The number of aliphatic hydroxyl groups excluding tert-OH is 1. The fraction of sp³-hybridized carbons (Fsp3) is 0.615. The van der Waals surface area contributed by atoms with E-state index in [1.165, 1.54) is 16.8 Å². The Bertz CT molecular complexity index is 512. The van der Waals surface area contributed by atoms with Gasteiger partial charge in [-0.3, -0.25) is 14.9 Å². The van der Waals surface area contributed by atoms with Gasteiger partial charge in [0.05, 0.1) is 17.2 Å². The van der Waals surface area contributed by atoms with Crippen LogP contribution in [0.1, 0.15) is 36.2 Å². The summed E-state index contributed by atoms with van der Waals surface area (Å²) in [6, 6.07) is 1.26. The Labute approximate surface area is 116 Å². The van der Waals surface area contributed by atoms with Crippen molar-refractivity contribution in [3.63, 3.8) is 0 Å². The number of aromatic nitrogens is 1. The lowest BCUT2D eigenvalue weighted by Gasteiger charge is -2.27. The highest BCUT2D eigenvalue weighted by atomic mass is 16.6. The number of hydrogen-bond acceptors (Lipinski definition) is 4. The van der Waals surface area contributed by atoms with Crippen LogP contribution in [0.3, 0.4) is 0 Å². The van der Waals surface area contributed by atoms with Crippen LogP contribution in [-0.2, 0) is 7.05 Å². The molecule has 0 spiro atoms. The number of rotatable bonds is 4. The molecule has 2 N–H and O–H groups in total. The minimum atomic E-state index is -0.526. The second-order valence-electron chi connectivity index (χ2n) is 5.27. The third kappa shape index (κ3) is 3.16. The molecular formula is C13H19N3O4. The molecule has 2 atom stereocenters. The van der Waals surface area contributed by atoms with Gasteiger partial charge in [-0.25, -0.2) is 0 Å². The van der Waals surface area contributed by atoms with Crippen LogP contribution in [0.25, 0.3) is 0 Å². The molecule has 1 heterocycles. The summed E-state index contributed by atoms with van der Waals surface area (Å²) in [7, 11) is 1.59. The Balaban J connectivity index is 1.96. The van der Waals surface area contributed by atoms with Crippen LogP contribution in [0.15, 0.2) is 12.3 Å². The van der Waals surface area contributed by atoms with Crippen molar-refractivity contribution in [1.29, 1.82) is 0 Å². The first-order valence-electron chi connectivity index (χ1n) is 6.76. The maximum absolute atomic E-state index is 12.0. The molecule has 7 nitrogen and oxygen atoms in total. The van der Waals surface area contributed by atoms with Gasteiger partial charge in [0.1, 0.15) is 5.69 Å². The zero-order valence-corrected chi connectivity index (χ0v) is 11.4. The fourth-order valence-electron chi connectivity index (χ4n) is 2.61. The van der Waals surface area contributed by atoms with Crippen molar-refractivity contribution in [2.75, 3.05) is 6.54 Å². The number of nitrogens with zero attached hydrogens (tertiary/aromatic N) is 2. The van der Waals surface area contributed by atoms with E-state index in [0.29, 0.717) is 6.54 Å². The second kappa shape index (κ2) is 6.04. The van der Waals surface area contributed by atoms with Crippen molar-refractivity contribution in [3.8, 4) is 0 Å². The summed E-state index contributed by atoms with van der Waals surface area (Å²) in [5, 5.41) is 23.3. The zero-order chi connectivity index (χ0) is 14.7. The van der Waals surface area contributed by atoms with Gasteiger partial charge in [0.2, 0.25) is 0 Å². The minimum absolute atomic E-state index is 0.0722. The van der Waals surface area contributed by atoms with Gasteiger partial charge in [-0.2, -0.15) is 0 Å². The summed E-state index contributed by atoms with van der Waals surface area (Å²) in [6.07, 6.45) is 4.70. The molecule has 2 rings (SSSR count). The van der Waals surface area contributed by atoms with Gasteiger partial charge in [0, 0.05) is 25.6 Å². The Morgan fingerprint density at radius 2 is 2.25 bits per heavy atom. The van der Waals surface area contributed by atoms with Crippen molar-refractivity contribution in [2.24, 2.45) is 13.0 Å². The third-order valence-corrected chi connectivity index (χ3v) is 3.83. The molecule has 1 fully saturated rings. The number of amides is 1. The number of aliphatic hydroxyl groups is 1. The van der Waals surface area contributed by atoms with Crippen LogP contribution in [0.4, 0.5) is 5.69 Å². The predicted molar refractivity (Wildman–Crippen MR) is 72.4 cm³/mol. The van der Waals surface area contributed by atoms with E-state index in [2.05, 4.69) is 5.32 Å². The first kappa shape index (κ1) is 14.5. The largest absolute Gasteiger partial charge is 0.393 e. The van der Waals surface area contributed by atoms with Gasteiger partial charge in [-0.1, -0.05) is 12.8 Å². The standard InChI is InChI=1S/C13H19N3O4/c1-15-8-10(16(19)20)6-11(15)13(18)14-7-9-4-2-3-5-12(9)17/h6,8-9,12,17H,2-5,7H2,1H3,(H,14,18). The lowest BCUT2D eigenvalue weighted by atomic mass is 9.86. The lowest BCUT2D eigenvalue weighted by Crippen LogP contribution is -2.37. The third-order valence-electron chi connectivity index (χ3n) is 3.83. The Morgan fingerprint density at radius 1 is 1.55 bits per heavy atom. The van der Waals surface area contributed by atoms with Crippen molar-refractivity contribution in [3.05, 3.63) is 28.1 Å². The first-order valence-corrected chi connectivity index (χ1v) is 6.76. The SMILES string of the molecule is Cn1cc([N+](=O)[O-])cc1C(=O)NCC1CCCCC1O. The number of hydrogen-bond donors (Lipinski definition) is 2. The van der Waals surface area contributed by atoms with E-state index < -0.39 is 4.92 Å². The molecule has 0 saturated heterocycles. The van der Waals surface area contributed by atoms with E-state index in [9.17, 15) is 20.0 Å². The van der Waals surface area contributed by atoms with Crippen LogP contribution in [0, 0.1) is 16.0 Å². The molecule has 0 aromatic carbocycles. The number of nitrogens with one attached hydrogen (secondary N) is 1. The quantitative estimate of drug-likeness (QED) is 0.640. The number of carbonyl (C=O) groups excluding carboxylic acids is 1. The first-order chi connectivity index (χ1) is 9.49. The molecule has 1 saturated carbocycles. The number of aryl methyl sites for hydroxylation is 1. The zero-order valence-electron chi connectivity index (χ0n) is 11.4. The molecule has 2 unspecified atom stereocenters. The van der Waals surface area contributed by atoms with E-state index >= 15 is 0 Å². The van der Waals surface area contributed by atoms with Crippen LogP contribution in [0.5, 0.6) is 0 Å². The molecule has 20 heavy (non-hydrogen) atoms. The molecule has 0 bridgehead atoms. The predicted octanol–water partition coefficient (Wildman–Crippen LogP) is 1.21. The normalized spacial score (nSPS) is 22.5. The van der Waals surface area contributed by atoms with E-state index in [1.807, 2.05) is 0 Å². The molecule has 1 aromatic heterocycles. The molecule has 7 heteroatoms. The van der Waals surface area contributed by atoms with Crippen molar-refractivity contribution in [1.82, 2.24) is 9.88 Å². The molecule has 0 radical (unpaired) electrons. The molecule has 110 valence electrons. The van der Waals surface area contributed by atoms with Crippen molar-refractivity contribution >= 4 is 11.6 Å². The smallest absolute Gasteiger partial charge is 0.287 e. The van der Waals surface area contributed by atoms with Crippen LogP contribution >= 0.6 is 0 Å². The summed E-state index contributed by atoms with van der Waals surface area (Å²) >= 11 is 0. The lowest BCUT2D eigenvalue weighted by molar-refractivity contribution is -0.384. The monoisotopic (exact) mass is 281 g/mol. The van der Waals surface area contributed by atoms with Gasteiger partial charge in [0.15, 0.2) is 0 Å². The van der Waals surface area contributed by atoms with Crippen molar-refractivity contribution in [2.45, 2.75) is 31.8 Å². The topological polar surface area (TPSA) is 97.4 Å². The summed E-state index contributed by atoms with van der Waals surface area (Å²) < 4.78 is 1.44. The van der Waals surface area contributed by atoms with Gasteiger partial charge in [-0.05, 0) is 12.8 Å². The Hall–Kier alpha value is -1.89. The van der Waals surface area contributed by atoms with Crippen LogP contribution in [0.2, 0.25) is 0 Å². The minimum Gasteiger partial charge on any atom is -0.393 e. The average molecular weight is 281 g/mol. The molecule has 1 aromatic rings. The Morgan fingerprint density at radius 3 is 2.85 bits per heavy atom. The van der Waals surface area contributed by atoms with Gasteiger partial charge < -0.3 is 15.0 Å². The Kier molecular flexibility index (Phi) is 4.39. The number of carbonyl (C=O) groups is 1. The highest BCUT2D eigenvalue weighted by Crippen LogP contribution is 2.23. The maximum Gasteiger partial charge on any atom is 0.287 e. The van der Waals surface area contributed by atoms with Gasteiger partial charge in [0.25, 0.3) is 11.6 Å². The fourth-order valence-corrected chi connectivity index (χ4v) is 2.61. The molecular weight excluding hydrogens is 262 g/mol. The van der Waals surface area contributed by atoms with E-state index in [-0.39, 0.29) is 29.3 Å². The molecule has 1 amide bonds. The summed E-state index contributed by atoms with van der Waals surface area (Å²) in [4.78, 5) is 22.2. The van der Waals surface area contributed by atoms with E-state index in [0.717, 1.165) is 25.7 Å². The summed E-state index contributed by atoms with van der Waals surface area (Å²) in [6.45, 7) is 0.402. The van der Waals surface area contributed by atoms with E-state index in [4.69, 9.17) is 0 Å². The van der Waals surface area contributed by atoms with Gasteiger partial charge >= 0.3 is 0 Å².